The van der Waals surface area contributed by atoms with Crippen LogP contribution in [-0.2, 0) is 18.3 Å². The molecule has 0 unspecified atom stereocenters. The van der Waals surface area contributed by atoms with Gasteiger partial charge in [0.25, 0.3) is 5.91 Å². The minimum Gasteiger partial charge on any atom is -0.504 e. The van der Waals surface area contributed by atoms with E-state index in [4.69, 9.17) is 4.74 Å². The molecular weight excluding hydrogens is 514 g/mol. The highest BCUT2D eigenvalue weighted by molar-refractivity contribution is 5.99. The third-order valence-electron chi connectivity index (χ3n) is 11.0. The Morgan fingerprint density at radius 1 is 1.17 bits per heavy atom. The molecule has 1 spiro atoms. The van der Waals surface area contributed by atoms with Gasteiger partial charge in [0.15, 0.2) is 17.6 Å². The minimum atomic E-state index is -1.03. The molecule has 1 saturated carbocycles. The fourth-order valence-corrected chi connectivity index (χ4v) is 8.80. The summed E-state index contributed by atoms with van der Waals surface area (Å²) in [5.41, 5.74) is 4.22. The predicted octanol–water partition coefficient (Wildman–Crippen LogP) is 5.27. The summed E-state index contributed by atoms with van der Waals surface area (Å²) in [6, 6.07) is 9.66. The number of aromatic hydroxyl groups is 1. The van der Waals surface area contributed by atoms with Gasteiger partial charge in [-0.15, -0.1) is 0 Å². The number of likely N-dealkylation sites (tertiary alicyclic amines) is 1. The van der Waals surface area contributed by atoms with Gasteiger partial charge in [-0.1, -0.05) is 38.7 Å². The molecule has 2 aliphatic heterocycles. The van der Waals surface area contributed by atoms with Gasteiger partial charge in [-0.05, 0) is 80.0 Å². The van der Waals surface area contributed by atoms with Crippen LogP contribution in [0.2, 0.25) is 0 Å². The van der Waals surface area contributed by atoms with Crippen molar-refractivity contribution in [1.29, 1.82) is 0 Å². The fraction of sp³-hybridized carbons (Fsp3) is 0.559. The van der Waals surface area contributed by atoms with E-state index in [0.717, 1.165) is 72.4 Å². The summed E-state index contributed by atoms with van der Waals surface area (Å²) >= 11 is 0. The summed E-state index contributed by atoms with van der Waals surface area (Å²) in [7, 11) is 0. The van der Waals surface area contributed by atoms with E-state index in [1.807, 2.05) is 24.3 Å². The van der Waals surface area contributed by atoms with Crippen molar-refractivity contribution in [2.45, 2.75) is 94.3 Å². The molecule has 1 amide bonds. The molecule has 1 saturated heterocycles. The molecular formula is C34H41N3O4. The lowest BCUT2D eigenvalue weighted by Gasteiger charge is -2.62. The number of carbonyl (C=O) groups is 1. The van der Waals surface area contributed by atoms with Crippen molar-refractivity contribution in [1.82, 2.24) is 15.2 Å². The van der Waals surface area contributed by atoms with Crippen LogP contribution in [0, 0.1) is 5.92 Å². The van der Waals surface area contributed by atoms with E-state index < -0.39 is 17.1 Å². The normalized spacial score (nSPS) is 29.2. The van der Waals surface area contributed by atoms with Crippen LogP contribution in [0.25, 0.3) is 10.9 Å². The summed E-state index contributed by atoms with van der Waals surface area (Å²) in [4.78, 5) is 19.3. The van der Waals surface area contributed by atoms with Gasteiger partial charge in [0.05, 0.1) is 16.7 Å². The summed E-state index contributed by atoms with van der Waals surface area (Å²) in [6.07, 6.45) is 10.0. The molecule has 7 heteroatoms. The number of nitrogens with one attached hydrogen (secondary N) is 2. The standard InChI is InChI=1S/C34H41N3O4/c1-2-3-4-5-6-14-35-32(39)22-9-11-25-23(16-22)24-18-34(40)27-17-21-10-12-26(38)30-28(21)33(34,31(41-30)29(24)36-25)13-15-37(27)19-20-7-8-20/h9-12,16,20,27,31,36,38,40H,2-8,13-15,17-19H2,1H3,(H,35,39)/t27-,31+,33+,34-/m1/s1. The van der Waals surface area contributed by atoms with Crippen molar-refractivity contribution in [2.24, 2.45) is 5.92 Å². The van der Waals surface area contributed by atoms with Gasteiger partial charge < -0.3 is 25.3 Å². The van der Waals surface area contributed by atoms with Crippen molar-refractivity contribution in [3.63, 3.8) is 0 Å². The number of benzene rings is 2. The van der Waals surface area contributed by atoms with Crippen molar-refractivity contribution in [3.05, 3.63) is 58.3 Å². The summed E-state index contributed by atoms with van der Waals surface area (Å²) in [6.45, 7) is 4.86. The molecule has 216 valence electrons. The number of aromatic nitrogens is 1. The number of piperidine rings is 1. The molecule has 2 aromatic carbocycles. The second kappa shape index (κ2) is 9.23. The lowest BCUT2D eigenvalue weighted by atomic mass is 9.49. The van der Waals surface area contributed by atoms with Crippen molar-refractivity contribution < 1.29 is 19.7 Å². The third kappa shape index (κ3) is 3.61. The number of hydrogen-bond donors (Lipinski definition) is 4. The number of carbonyl (C=O) groups excluding carboxylic acids is 1. The largest absolute Gasteiger partial charge is 0.504 e. The van der Waals surface area contributed by atoms with Crippen LogP contribution in [0.3, 0.4) is 0 Å². The number of hydrogen-bond acceptors (Lipinski definition) is 5. The first-order valence-electron chi connectivity index (χ1n) is 15.9. The van der Waals surface area contributed by atoms with Crippen molar-refractivity contribution >= 4 is 16.8 Å². The Hall–Kier alpha value is -3.03. The van der Waals surface area contributed by atoms with Gasteiger partial charge in [-0.2, -0.15) is 0 Å². The first-order valence-corrected chi connectivity index (χ1v) is 15.9. The lowest BCUT2D eigenvalue weighted by molar-refractivity contribution is -0.173. The number of phenols is 1. The average Bonchev–Trinajstić information content (AvgIpc) is 3.61. The number of amides is 1. The van der Waals surface area contributed by atoms with Crippen LogP contribution < -0.4 is 10.1 Å². The monoisotopic (exact) mass is 555 g/mol. The molecule has 3 heterocycles. The molecule has 2 fully saturated rings. The molecule has 7 nitrogen and oxygen atoms in total. The van der Waals surface area contributed by atoms with E-state index in [-0.39, 0.29) is 17.7 Å². The van der Waals surface area contributed by atoms with Gasteiger partial charge in [0.1, 0.15) is 0 Å². The average molecular weight is 556 g/mol. The van der Waals surface area contributed by atoms with Crippen molar-refractivity contribution in [2.75, 3.05) is 19.6 Å². The van der Waals surface area contributed by atoms with Crippen molar-refractivity contribution in [3.8, 4) is 11.5 Å². The summed E-state index contributed by atoms with van der Waals surface area (Å²) in [5, 5.41) is 28.0. The van der Waals surface area contributed by atoms with Crippen LogP contribution in [0.15, 0.2) is 30.3 Å². The second-order valence-corrected chi connectivity index (χ2v) is 13.4. The molecule has 4 atom stereocenters. The summed E-state index contributed by atoms with van der Waals surface area (Å²) in [5.74, 6) is 1.39. The van der Waals surface area contributed by atoms with E-state index >= 15 is 0 Å². The number of rotatable bonds is 9. The molecule has 5 aliphatic rings. The molecule has 4 N–H and O–H groups in total. The van der Waals surface area contributed by atoms with Gasteiger partial charge >= 0.3 is 0 Å². The molecule has 2 bridgehead atoms. The van der Waals surface area contributed by atoms with Crippen LogP contribution in [0.4, 0.5) is 0 Å². The molecule has 41 heavy (non-hydrogen) atoms. The quantitative estimate of drug-likeness (QED) is 0.270. The van der Waals surface area contributed by atoms with Crippen LogP contribution in [0.5, 0.6) is 11.5 Å². The Morgan fingerprint density at radius 3 is 2.85 bits per heavy atom. The number of aliphatic hydroxyl groups is 1. The highest BCUT2D eigenvalue weighted by atomic mass is 16.5. The zero-order valence-corrected chi connectivity index (χ0v) is 24.0. The highest BCUT2D eigenvalue weighted by Crippen LogP contribution is 2.69. The topological polar surface area (TPSA) is 97.8 Å². The molecule has 8 rings (SSSR count). The molecule has 0 radical (unpaired) electrons. The van der Waals surface area contributed by atoms with Gasteiger partial charge in [0, 0.05) is 47.6 Å². The van der Waals surface area contributed by atoms with Crippen LogP contribution in [0.1, 0.15) is 97.1 Å². The fourth-order valence-electron chi connectivity index (χ4n) is 8.80. The molecule has 1 aromatic heterocycles. The number of nitrogens with zero attached hydrogens (tertiary/aromatic N) is 1. The maximum absolute atomic E-state index is 13.1. The Bertz CT molecular complexity index is 1540. The first-order chi connectivity index (χ1) is 19.9. The van der Waals surface area contributed by atoms with Gasteiger partial charge in [0.2, 0.25) is 0 Å². The van der Waals surface area contributed by atoms with Crippen LogP contribution >= 0.6 is 0 Å². The predicted molar refractivity (Wildman–Crippen MR) is 158 cm³/mol. The smallest absolute Gasteiger partial charge is 0.251 e. The summed E-state index contributed by atoms with van der Waals surface area (Å²) < 4.78 is 6.69. The molecule has 3 aliphatic carbocycles. The lowest BCUT2D eigenvalue weighted by Crippen LogP contribution is -2.74. The molecule has 3 aromatic rings. The maximum Gasteiger partial charge on any atom is 0.251 e. The van der Waals surface area contributed by atoms with Crippen LogP contribution in [-0.4, -0.2) is 57.3 Å². The second-order valence-electron chi connectivity index (χ2n) is 13.4. The number of H-pyrrole nitrogens is 1. The van der Waals surface area contributed by atoms with Gasteiger partial charge in [-0.25, -0.2) is 0 Å². The Labute approximate surface area is 241 Å². The number of unbranched alkanes of at least 4 members (excludes halogenated alkanes) is 4. The zero-order valence-electron chi connectivity index (χ0n) is 24.0. The van der Waals surface area contributed by atoms with E-state index in [0.29, 0.717) is 24.3 Å². The number of fused-ring (bicyclic) bond motifs is 4. The van der Waals surface area contributed by atoms with Gasteiger partial charge in [-0.3, -0.25) is 9.69 Å². The van der Waals surface area contributed by atoms with E-state index in [1.165, 1.54) is 37.7 Å². The Balaban J connectivity index is 1.18. The maximum atomic E-state index is 13.1. The van der Waals surface area contributed by atoms with E-state index in [2.05, 4.69) is 22.1 Å². The number of ether oxygens (including phenoxy) is 1. The first kappa shape index (κ1) is 25.7. The number of phenolic OH excluding ortho intramolecular Hbond substituents is 1. The highest BCUT2D eigenvalue weighted by Gasteiger charge is 2.72. The third-order valence-corrected chi connectivity index (χ3v) is 11.0. The van der Waals surface area contributed by atoms with E-state index in [9.17, 15) is 15.0 Å². The van der Waals surface area contributed by atoms with E-state index in [1.54, 1.807) is 6.07 Å². The SMILES string of the molecule is CCCCCCCNC(=O)c1ccc2[nH]c3c(c2c1)C[C@@]1(O)[C@H]2Cc4ccc(O)c5c4[C@@]1(CCN2CC1CC1)[C@H]3O5. The number of aromatic amines is 1. The Kier molecular flexibility index (Phi) is 5.78. The zero-order chi connectivity index (χ0) is 27.9. The minimum absolute atomic E-state index is 0.0109. The Morgan fingerprint density at radius 2 is 2.02 bits per heavy atom.